The molecule has 9 nitrogen and oxygen atoms in total. The molecule has 152 valence electrons. The van der Waals surface area contributed by atoms with Crippen molar-refractivity contribution < 1.29 is 23.5 Å². The van der Waals surface area contributed by atoms with Gasteiger partial charge >= 0.3 is 12.0 Å². The van der Waals surface area contributed by atoms with Crippen molar-refractivity contribution >= 4 is 29.6 Å². The molecule has 2 atom stereocenters. The average molecular weight is 401 g/mol. The van der Waals surface area contributed by atoms with Crippen LogP contribution in [0.2, 0.25) is 0 Å². The Labute approximate surface area is 166 Å². The Morgan fingerprint density at radius 1 is 1.28 bits per heavy atom. The van der Waals surface area contributed by atoms with Gasteiger partial charge in [0.1, 0.15) is 12.4 Å². The average Bonchev–Trinajstić information content (AvgIpc) is 3.19. The molecule has 1 aromatic rings. The third-order valence-corrected chi connectivity index (χ3v) is 5.07. The molecule has 3 amide bonds. The monoisotopic (exact) mass is 401 g/mol. The minimum Gasteiger partial charge on any atom is -0.465 e. The van der Waals surface area contributed by atoms with Crippen LogP contribution in [0, 0.1) is 5.82 Å². The van der Waals surface area contributed by atoms with E-state index in [2.05, 4.69) is 4.99 Å². The molecule has 1 saturated heterocycles. The van der Waals surface area contributed by atoms with Gasteiger partial charge in [-0.15, -0.1) is 0 Å². The number of esters is 1. The fourth-order valence-electron chi connectivity index (χ4n) is 3.77. The molecule has 1 fully saturated rings. The second-order valence-corrected chi connectivity index (χ2v) is 6.88. The number of carbonyl (C=O) groups excluding carboxylic acids is 3. The summed E-state index contributed by atoms with van der Waals surface area (Å²) < 4.78 is 19.3. The van der Waals surface area contributed by atoms with Gasteiger partial charge in [-0.3, -0.25) is 19.4 Å². The standard InChI is InChI=1S/C19H20FN5O4/c1-4-29-14(26)10-24-17(27)15-16(22(3)19(24)28)21-18-23(15)9-11(2)25(18)13-8-6-5-7-12(13)20/h5-9,15-16H,4,10H2,1-3H3. The number of ether oxygens (including phenoxy) is 1. The van der Waals surface area contributed by atoms with Gasteiger partial charge in [-0.05, 0) is 26.0 Å². The molecule has 0 N–H and O–H groups in total. The number of allylic oxidation sites excluding steroid dienone is 1. The highest BCUT2D eigenvalue weighted by Gasteiger charge is 2.55. The third kappa shape index (κ3) is 2.82. The van der Waals surface area contributed by atoms with Crippen molar-refractivity contribution in [3.63, 3.8) is 0 Å². The van der Waals surface area contributed by atoms with Crippen molar-refractivity contribution in [2.45, 2.75) is 26.1 Å². The van der Waals surface area contributed by atoms with E-state index in [4.69, 9.17) is 4.74 Å². The maximum Gasteiger partial charge on any atom is 0.328 e. The Morgan fingerprint density at radius 2 is 2.00 bits per heavy atom. The smallest absolute Gasteiger partial charge is 0.328 e. The summed E-state index contributed by atoms with van der Waals surface area (Å²) in [5.41, 5.74) is 0.975. The highest BCUT2D eigenvalue weighted by molar-refractivity contribution is 6.10. The van der Waals surface area contributed by atoms with Gasteiger partial charge in [0.25, 0.3) is 5.91 Å². The van der Waals surface area contributed by atoms with Crippen LogP contribution in [0.4, 0.5) is 14.9 Å². The lowest BCUT2D eigenvalue weighted by Gasteiger charge is -2.39. The molecule has 3 aliphatic heterocycles. The number of benzene rings is 1. The first kappa shape index (κ1) is 18.9. The molecule has 0 bridgehead atoms. The first-order valence-electron chi connectivity index (χ1n) is 9.18. The normalized spacial score (nSPS) is 23.2. The van der Waals surface area contributed by atoms with Crippen molar-refractivity contribution in [2.75, 3.05) is 25.1 Å². The van der Waals surface area contributed by atoms with Gasteiger partial charge in [0.05, 0.1) is 12.3 Å². The summed E-state index contributed by atoms with van der Waals surface area (Å²) in [6.45, 7) is 3.10. The van der Waals surface area contributed by atoms with Crippen molar-refractivity contribution in [1.82, 2.24) is 14.7 Å². The van der Waals surface area contributed by atoms with Gasteiger partial charge in [-0.25, -0.2) is 14.2 Å². The van der Waals surface area contributed by atoms with E-state index in [1.807, 2.05) is 0 Å². The second kappa shape index (κ2) is 6.87. The lowest BCUT2D eigenvalue weighted by atomic mass is 10.1. The van der Waals surface area contributed by atoms with E-state index in [1.165, 1.54) is 18.0 Å². The van der Waals surface area contributed by atoms with Gasteiger partial charge < -0.3 is 14.5 Å². The number of aliphatic imine (C=N–C) groups is 1. The topological polar surface area (TPSA) is 85.8 Å². The van der Waals surface area contributed by atoms with Gasteiger partial charge in [-0.1, -0.05) is 12.1 Å². The van der Waals surface area contributed by atoms with Gasteiger partial charge in [0.15, 0.2) is 12.2 Å². The first-order chi connectivity index (χ1) is 13.8. The maximum absolute atomic E-state index is 14.4. The Kier molecular flexibility index (Phi) is 4.48. The predicted molar refractivity (Wildman–Crippen MR) is 101 cm³/mol. The minimum absolute atomic E-state index is 0.149. The molecule has 10 heteroatoms. The van der Waals surface area contributed by atoms with Crippen LogP contribution < -0.4 is 4.90 Å². The minimum atomic E-state index is -0.839. The SMILES string of the molecule is CCOC(=O)CN1C(=O)C2C(N=C3N(c4ccccc4F)C(C)=CN32)N(C)C1=O. The van der Waals surface area contributed by atoms with Crippen molar-refractivity contribution in [3.05, 3.63) is 42.0 Å². The van der Waals surface area contributed by atoms with Crippen LogP contribution in [0.3, 0.4) is 0 Å². The van der Waals surface area contributed by atoms with E-state index < -0.39 is 42.5 Å². The van der Waals surface area contributed by atoms with E-state index in [0.717, 1.165) is 4.90 Å². The Bertz CT molecular complexity index is 962. The Hall–Kier alpha value is -3.43. The number of amides is 3. The molecule has 3 aliphatic rings. The summed E-state index contributed by atoms with van der Waals surface area (Å²) in [6, 6.07) is 4.78. The molecule has 0 saturated carbocycles. The number of para-hydroxylation sites is 1. The molecule has 0 spiro atoms. The zero-order chi connectivity index (χ0) is 20.9. The van der Waals surface area contributed by atoms with Crippen molar-refractivity contribution in [1.29, 1.82) is 0 Å². The lowest BCUT2D eigenvalue weighted by molar-refractivity contribution is -0.150. The number of guanidine groups is 1. The maximum atomic E-state index is 14.4. The summed E-state index contributed by atoms with van der Waals surface area (Å²) in [5, 5.41) is 0. The molecule has 4 rings (SSSR count). The predicted octanol–water partition coefficient (Wildman–Crippen LogP) is 1.33. The van der Waals surface area contributed by atoms with E-state index in [9.17, 15) is 18.8 Å². The number of hydrogen-bond donors (Lipinski definition) is 0. The van der Waals surface area contributed by atoms with Gasteiger partial charge in [0.2, 0.25) is 5.96 Å². The molecule has 0 aliphatic carbocycles. The Morgan fingerprint density at radius 3 is 2.69 bits per heavy atom. The van der Waals surface area contributed by atoms with Crippen molar-refractivity contribution in [3.8, 4) is 0 Å². The summed E-state index contributed by atoms with van der Waals surface area (Å²) in [7, 11) is 1.51. The number of urea groups is 1. The quantitative estimate of drug-likeness (QED) is 0.708. The van der Waals surface area contributed by atoms with Crippen LogP contribution in [0.5, 0.6) is 0 Å². The first-order valence-corrected chi connectivity index (χ1v) is 9.18. The summed E-state index contributed by atoms with van der Waals surface area (Å²) in [6.07, 6.45) is 0.919. The molecule has 1 aromatic carbocycles. The van der Waals surface area contributed by atoms with E-state index in [0.29, 0.717) is 17.3 Å². The fraction of sp³-hybridized carbons (Fsp3) is 0.368. The highest BCUT2D eigenvalue weighted by Crippen LogP contribution is 2.37. The van der Waals surface area contributed by atoms with Crippen LogP contribution >= 0.6 is 0 Å². The fourth-order valence-corrected chi connectivity index (χ4v) is 3.77. The van der Waals surface area contributed by atoms with Gasteiger partial charge in [0, 0.05) is 18.9 Å². The van der Waals surface area contributed by atoms with Crippen LogP contribution in [0.15, 0.2) is 41.2 Å². The van der Waals surface area contributed by atoms with E-state index in [1.54, 1.807) is 48.0 Å². The molecular weight excluding hydrogens is 381 g/mol. The molecule has 2 unspecified atom stereocenters. The lowest BCUT2D eigenvalue weighted by Crippen LogP contribution is -2.65. The summed E-state index contributed by atoms with van der Waals surface area (Å²) >= 11 is 0. The zero-order valence-corrected chi connectivity index (χ0v) is 16.2. The highest BCUT2D eigenvalue weighted by atomic mass is 19.1. The third-order valence-electron chi connectivity index (χ3n) is 5.07. The number of anilines is 1. The van der Waals surface area contributed by atoms with Crippen LogP contribution in [0.1, 0.15) is 13.8 Å². The number of likely N-dealkylation sites (N-methyl/N-ethyl adjacent to an activating group) is 1. The van der Waals surface area contributed by atoms with E-state index in [-0.39, 0.29) is 6.61 Å². The molecule has 0 radical (unpaired) electrons. The second-order valence-electron chi connectivity index (χ2n) is 6.88. The number of rotatable bonds is 4. The molecule has 3 heterocycles. The largest absolute Gasteiger partial charge is 0.465 e. The molecule has 29 heavy (non-hydrogen) atoms. The Balaban J connectivity index is 1.68. The van der Waals surface area contributed by atoms with Crippen LogP contribution in [-0.2, 0) is 14.3 Å². The number of fused-ring (bicyclic) bond motifs is 3. The zero-order valence-electron chi connectivity index (χ0n) is 16.2. The van der Waals surface area contributed by atoms with Crippen LogP contribution in [0.25, 0.3) is 0 Å². The van der Waals surface area contributed by atoms with Gasteiger partial charge in [-0.2, -0.15) is 0 Å². The number of nitrogens with zero attached hydrogens (tertiary/aromatic N) is 5. The summed E-state index contributed by atoms with van der Waals surface area (Å²) in [4.78, 5) is 47.6. The van der Waals surface area contributed by atoms with Crippen LogP contribution in [-0.4, -0.2) is 71.0 Å². The molecular formula is C19H20FN5O4. The number of halogens is 1. The van der Waals surface area contributed by atoms with E-state index >= 15 is 0 Å². The molecule has 0 aromatic heterocycles. The number of carbonyl (C=O) groups is 3. The number of hydrogen-bond acceptors (Lipinski definition) is 7. The summed E-state index contributed by atoms with van der Waals surface area (Å²) in [5.74, 6) is -1.29. The number of imide groups is 1. The van der Waals surface area contributed by atoms with Crippen molar-refractivity contribution in [2.24, 2.45) is 4.99 Å².